The van der Waals surface area contributed by atoms with Crippen molar-refractivity contribution in [3.05, 3.63) is 307 Å². The van der Waals surface area contributed by atoms with Crippen LogP contribution in [0.25, 0.3) is 11.4 Å². The molecule has 0 aliphatic rings. The van der Waals surface area contributed by atoms with E-state index in [-0.39, 0.29) is 102 Å². The summed E-state index contributed by atoms with van der Waals surface area (Å²) in [6.07, 6.45) is 1.40. The summed E-state index contributed by atoms with van der Waals surface area (Å²) >= 11 is 0. The molecule has 0 spiro atoms. The number of nitrogens with one attached hydrogen (secondary N) is 2. The molecular formula is C70H68Cd2N8O12. The number of aromatic hydroxyl groups is 2. The van der Waals surface area contributed by atoms with E-state index in [1.165, 1.54) is 33.6 Å². The Morgan fingerprint density at radius 3 is 0.935 bits per heavy atom. The van der Waals surface area contributed by atoms with E-state index in [1.54, 1.807) is 38.1 Å². The van der Waals surface area contributed by atoms with Gasteiger partial charge in [0.2, 0.25) is 11.1 Å². The second kappa shape index (κ2) is 41.6. The molecule has 0 fully saturated rings. The maximum Gasteiger partial charge on any atom is 2.00 e. The van der Waals surface area contributed by atoms with Crippen LogP contribution < -0.4 is 42.4 Å². The first kappa shape index (κ1) is 76.6. The van der Waals surface area contributed by atoms with Gasteiger partial charge < -0.3 is 59.8 Å². The Labute approximate surface area is 572 Å². The molecule has 2 heterocycles. The molecule has 22 heteroatoms. The van der Waals surface area contributed by atoms with Crippen molar-refractivity contribution in [2.24, 2.45) is 10.2 Å². The molecule has 0 atom stereocenters. The van der Waals surface area contributed by atoms with Crippen molar-refractivity contribution in [1.29, 1.82) is 0 Å². The molecule has 20 nitrogen and oxygen atoms in total. The summed E-state index contributed by atoms with van der Waals surface area (Å²) < 4.78 is 2.75. The Bertz CT molecular complexity index is 3760. The van der Waals surface area contributed by atoms with E-state index in [1.807, 2.05) is 182 Å². The molecule has 92 heavy (non-hydrogen) atoms. The smallest absolute Gasteiger partial charge is 0.590 e. The average molecular weight is 1440 g/mol. The van der Waals surface area contributed by atoms with Crippen molar-refractivity contribution in [2.45, 2.75) is 53.4 Å². The van der Waals surface area contributed by atoms with E-state index in [0.717, 1.165) is 36.1 Å². The number of hydrazone groups is 2. The van der Waals surface area contributed by atoms with Gasteiger partial charge >= 0.3 is 54.6 Å². The number of para-hydroxylation sites is 4. The molecule has 0 saturated heterocycles. The number of phenols is 2. The van der Waals surface area contributed by atoms with Gasteiger partial charge in [-0.15, -0.1) is 11.4 Å². The van der Waals surface area contributed by atoms with Gasteiger partial charge in [-0.2, -0.15) is 10.2 Å². The predicted octanol–water partition coefficient (Wildman–Crippen LogP) is 6.44. The minimum absolute atomic E-state index is 0. The van der Waals surface area contributed by atoms with Crippen LogP contribution in [0.15, 0.2) is 250 Å². The summed E-state index contributed by atoms with van der Waals surface area (Å²) in [5, 5.41) is 71.4. The van der Waals surface area contributed by atoms with Crippen molar-refractivity contribution < 1.29 is 104 Å². The fourth-order valence-electron chi connectivity index (χ4n) is 8.42. The summed E-state index contributed by atoms with van der Waals surface area (Å²) in [6, 6.07) is 69.6. The molecule has 2 amide bonds. The van der Waals surface area contributed by atoms with Crippen LogP contribution in [0.4, 0.5) is 0 Å². The first-order chi connectivity index (χ1) is 43.5. The van der Waals surface area contributed by atoms with Crippen LogP contribution in [-0.2, 0) is 89.9 Å². The van der Waals surface area contributed by atoms with Crippen molar-refractivity contribution in [3.8, 4) is 22.9 Å². The third-order valence-corrected chi connectivity index (χ3v) is 12.1. The molecule has 0 unspecified atom stereocenters. The van der Waals surface area contributed by atoms with E-state index in [4.69, 9.17) is 40.2 Å². The van der Waals surface area contributed by atoms with Gasteiger partial charge in [0, 0.05) is 60.5 Å². The molecule has 0 aliphatic heterocycles. The van der Waals surface area contributed by atoms with Crippen LogP contribution in [0.2, 0.25) is 0 Å². The molecule has 0 bridgehead atoms. The van der Waals surface area contributed by atoms with E-state index < -0.39 is 23.8 Å². The predicted molar refractivity (Wildman–Crippen MR) is 341 cm³/mol. The number of rotatable bonds is 16. The Hall–Kier alpha value is -9.64. The van der Waals surface area contributed by atoms with E-state index in [2.05, 4.69) is 21.1 Å². The quantitative estimate of drug-likeness (QED) is 0.0345. The average Bonchev–Trinajstić information content (AvgIpc) is 1.67. The molecule has 10 rings (SSSR count). The number of phenolic OH excluding ortho intramolecular Hbond substituents is 2. The van der Waals surface area contributed by atoms with Gasteiger partial charge in [-0.25, -0.2) is 10.9 Å². The number of aliphatic hydroxyl groups excluding tert-OH is 2. The monoisotopic (exact) mass is 1440 g/mol. The Morgan fingerprint density at radius 1 is 0.424 bits per heavy atom. The van der Waals surface area contributed by atoms with Crippen molar-refractivity contribution in [3.63, 3.8) is 0 Å². The Kier molecular flexibility index (Phi) is 34.7. The summed E-state index contributed by atoms with van der Waals surface area (Å²) in [5.41, 5.74) is 12.2. The van der Waals surface area contributed by atoms with E-state index in [0.29, 0.717) is 71.0 Å². The minimum atomic E-state index is -1.08. The first-order valence-corrected chi connectivity index (χ1v) is 28.2. The number of nitrogens with zero attached hydrogens (tertiary/aromatic N) is 6. The van der Waals surface area contributed by atoms with Gasteiger partial charge in [-0.1, -0.05) is 182 Å². The van der Waals surface area contributed by atoms with Crippen LogP contribution in [-0.4, -0.2) is 78.2 Å². The summed E-state index contributed by atoms with van der Waals surface area (Å²) in [4.78, 5) is 71.2. The van der Waals surface area contributed by atoms with Gasteiger partial charge in [-0.3, -0.25) is 19.2 Å². The van der Waals surface area contributed by atoms with Crippen molar-refractivity contribution >= 4 is 35.2 Å². The van der Waals surface area contributed by atoms with Gasteiger partial charge in [0.25, 0.3) is 11.8 Å². The molecule has 2 aromatic heterocycles. The van der Waals surface area contributed by atoms with Gasteiger partial charge in [-0.05, 0) is 111 Å². The maximum absolute atomic E-state index is 13.8. The number of carboxylic acid groups (broad SMARTS) is 2. The van der Waals surface area contributed by atoms with Gasteiger partial charge in [0.1, 0.15) is 11.5 Å². The maximum atomic E-state index is 13.8. The fraction of sp³-hybridized carbons (Fsp3) is 0.143. The molecule has 0 saturated carbocycles. The number of aliphatic carboxylic acids is 2. The zero-order chi connectivity index (χ0) is 65.2. The molecule has 6 N–H and O–H groups in total. The second-order valence-electron chi connectivity index (χ2n) is 19.0. The summed E-state index contributed by atoms with van der Waals surface area (Å²) in [6.45, 7) is 5.81. The standard InChI is InChI=1S/2C31H26N4O3.2C2H4O2.2C2H6O.2Cd/c2*36-28-19-11-10-18-25(28)30(37)33-32-26(20-22-12-4-1-5-13-22)29-27(21-23-14-6-2-7-15-23)34-35(31(29)38)24-16-8-3-9-17-24;2*1-2(3)4;2*1-2-3;;/h2*1-19H,20-21H2,(H3,32,33,34,36,37,38);2*1H3,(H,3,4);2*3H,2H2,1H3;;/q;;;;;;2*+2/p-4. The molecule has 10 aromatic rings. The van der Waals surface area contributed by atoms with E-state index in [9.17, 15) is 29.4 Å². The van der Waals surface area contributed by atoms with Crippen LogP contribution in [0.1, 0.15) is 93.2 Å². The number of carbonyl (C=O) groups is 4. The largest absolute Gasteiger partial charge is 2.00 e. The molecule has 8 aromatic carbocycles. The molecule has 0 aliphatic carbocycles. The third-order valence-electron chi connectivity index (χ3n) is 12.1. The minimum Gasteiger partial charge on any atom is -0.590 e. The number of hydrogen-bond acceptors (Lipinski definition) is 14. The Balaban J connectivity index is 0.000000392. The summed E-state index contributed by atoms with van der Waals surface area (Å²) in [5.74, 6) is -3.64. The van der Waals surface area contributed by atoms with Crippen LogP contribution in [0.5, 0.6) is 11.5 Å². The number of carbonyl (C=O) groups excluding carboxylic acids is 4. The van der Waals surface area contributed by atoms with Crippen LogP contribution in [0, 0.1) is 0 Å². The van der Waals surface area contributed by atoms with E-state index >= 15 is 0 Å². The van der Waals surface area contributed by atoms with Gasteiger partial charge in [0.05, 0.1) is 22.6 Å². The number of hydrogen-bond donors (Lipinski definition) is 6. The van der Waals surface area contributed by atoms with Crippen molar-refractivity contribution in [1.82, 2.24) is 30.4 Å². The topological polar surface area (TPSA) is 316 Å². The first-order valence-electron chi connectivity index (χ1n) is 28.2. The van der Waals surface area contributed by atoms with Crippen LogP contribution in [0.3, 0.4) is 0 Å². The number of amides is 2. The fourth-order valence-corrected chi connectivity index (χ4v) is 8.42. The number of benzene rings is 8. The number of aliphatic hydroxyl groups is 2. The zero-order valence-corrected chi connectivity index (χ0v) is 59.4. The number of aromatic nitrogens is 4. The second-order valence-corrected chi connectivity index (χ2v) is 19.0. The van der Waals surface area contributed by atoms with Gasteiger partial charge in [0.15, 0.2) is 0 Å². The molecule has 464 valence electrons. The van der Waals surface area contributed by atoms with Crippen molar-refractivity contribution in [2.75, 3.05) is 13.2 Å². The van der Waals surface area contributed by atoms with Crippen LogP contribution >= 0.6 is 0 Å². The SMILES string of the molecule is CC(=O)[O-].CC(=O)[O-].CCO.CCO.O=C(N/N=C(\Cc1ccccc1)c1c(Cc2ccccc2)[n-]n(-c2ccccc2)c1=O)c1ccccc1O.O=C(N/N=C(\Cc1ccccc1)c1c(Cc2ccccc2)[n-]n(-c2ccccc2)c1=O)c1ccccc1O.[Cd+2].[Cd+2]. The Morgan fingerprint density at radius 2 is 0.663 bits per heavy atom. The third kappa shape index (κ3) is 25.0. The number of carboxylic acids is 2. The summed E-state index contributed by atoms with van der Waals surface area (Å²) in [7, 11) is 0. The molecular weight excluding hydrogens is 1370 g/mol. The normalized spacial score (nSPS) is 10.3. The zero-order valence-electron chi connectivity index (χ0n) is 51.3. The molecule has 0 radical (unpaired) electrons.